The topological polar surface area (TPSA) is 91.8 Å². The number of carbonyl (C=O) groups is 3. The zero-order chi connectivity index (χ0) is 33.2. The van der Waals surface area contributed by atoms with Crippen LogP contribution in [0.5, 0.6) is 0 Å². The van der Waals surface area contributed by atoms with Crippen LogP contribution in [0.3, 0.4) is 0 Å². The first kappa shape index (κ1) is 33.7. The minimum Gasteiger partial charge on any atom is -0.468 e. The normalized spacial score (nSPS) is 26.6. The Balaban J connectivity index is 1.16. The second-order valence-corrected chi connectivity index (χ2v) is 13.8. The SMILES string of the molecule is COC(=O)C1=C(CC(=O)N2CCN(C3CC4CCC(C3)N4Cc3ccccc3)CC2)N=C(C)C(C(=O)OC)C1c1c(Cl)cccc1Cl. The highest BCUT2D eigenvalue weighted by atomic mass is 35.5. The summed E-state index contributed by atoms with van der Waals surface area (Å²) >= 11 is 13.2. The number of methoxy groups -OCH3 is 2. The molecule has 1 amide bonds. The molecular formula is C36H42Cl2N4O5. The fourth-order valence-electron chi connectivity index (χ4n) is 8.16. The number of hydrogen-bond acceptors (Lipinski definition) is 8. The van der Waals surface area contributed by atoms with Crippen molar-refractivity contribution < 1.29 is 23.9 Å². The average Bonchev–Trinajstić information content (AvgIpc) is 3.29. The van der Waals surface area contributed by atoms with Gasteiger partial charge >= 0.3 is 11.9 Å². The predicted octanol–water partition coefficient (Wildman–Crippen LogP) is 5.50. The molecule has 4 aliphatic heterocycles. The lowest BCUT2D eigenvalue weighted by Gasteiger charge is -2.46. The molecule has 3 saturated heterocycles. The Hall–Kier alpha value is -3.24. The Labute approximate surface area is 286 Å². The molecule has 2 aromatic carbocycles. The van der Waals surface area contributed by atoms with Gasteiger partial charge in [0.05, 0.1) is 31.9 Å². The minimum absolute atomic E-state index is 0.0909. The van der Waals surface area contributed by atoms with E-state index in [2.05, 4.69) is 45.1 Å². The lowest BCUT2D eigenvalue weighted by molar-refractivity contribution is -0.143. The van der Waals surface area contributed by atoms with Crippen LogP contribution in [0.2, 0.25) is 10.0 Å². The number of piperidine rings is 1. The van der Waals surface area contributed by atoms with E-state index in [1.165, 1.54) is 32.6 Å². The zero-order valence-electron chi connectivity index (χ0n) is 27.2. The maximum atomic E-state index is 13.8. The van der Waals surface area contributed by atoms with E-state index in [4.69, 9.17) is 32.7 Å². The molecule has 4 aliphatic rings. The van der Waals surface area contributed by atoms with Crippen LogP contribution in [0, 0.1) is 5.92 Å². The lowest BCUT2D eigenvalue weighted by Crippen LogP contribution is -2.56. The summed E-state index contributed by atoms with van der Waals surface area (Å²) in [6, 6.07) is 17.4. The Kier molecular flexibility index (Phi) is 10.4. The summed E-state index contributed by atoms with van der Waals surface area (Å²) in [5.41, 5.74) is 2.52. The van der Waals surface area contributed by atoms with Gasteiger partial charge in [0.25, 0.3) is 0 Å². The molecule has 9 nitrogen and oxygen atoms in total. The number of nitrogens with zero attached hydrogens (tertiary/aromatic N) is 4. The van der Waals surface area contributed by atoms with Crippen LogP contribution >= 0.6 is 23.2 Å². The number of rotatable bonds is 8. The van der Waals surface area contributed by atoms with Crippen LogP contribution in [0.15, 0.2) is 64.8 Å². The van der Waals surface area contributed by atoms with E-state index in [1.807, 2.05) is 4.90 Å². The Morgan fingerprint density at radius 1 is 0.851 bits per heavy atom. The van der Waals surface area contributed by atoms with E-state index in [1.54, 1.807) is 25.1 Å². The number of aliphatic imine (C=N–C) groups is 1. The number of fused-ring (bicyclic) bond motifs is 2. The van der Waals surface area contributed by atoms with Crippen molar-refractivity contribution in [3.05, 3.63) is 81.0 Å². The third-order valence-corrected chi connectivity index (χ3v) is 11.1. The van der Waals surface area contributed by atoms with Gasteiger partial charge in [-0.3, -0.25) is 24.4 Å². The highest BCUT2D eigenvalue weighted by Crippen LogP contribution is 2.46. The van der Waals surface area contributed by atoms with Gasteiger partial charge in [0.1, 0.15) is 5.92 Å². The number of halogens is 2. The summed E-state index contributed by atoms with van der Waals surface area (Å²) < 4.78 is 10.3. The fourth-order valence-corrected chi connectivity index (χ4v) is 8.79. The first-order chi connectivity index (χ1) is 22.7. The standard InChI is InChI=1S/C36H42Cl2N4O5/c1-22-31(35(44)46-2)34(32-27(37)10-7-11-28(32)38)33(36(45)47-3)29(39-22)20-30(43)41-16-14-40(15-17-41)26-18-24-12-13-25(19-26)42(24)21-23-8-5-4-6-9-23/h4-11,24-26,31,34H,12-21H2,1-3H3. The van der Waals surface area contributed by atoms with Crippen molar-refractivity contribution in [1.82, 2.24) is 14.7 Å². The van der Waals surface area contributed by atoms with E-state index in [0.29, 0.717) is 42.5 Å². The summed E-state index contributed by atoms with van der Waals surface area (Å²) in [5.74, 6) is -3.32. The van der Waals surface area contributed by atoms with Gasteiger partial charge in [0, 0.05) is 72.5 Å². The van der Waals surface area contributed by atoms with Crippen molar-refractivity contribution in [2.24, 2.45) is 10.9 Å². The van der Waals surface area contributed by atoms with Gasteiger partial charge in [0.2, 0.25) is 5.91 Å². The molecule has 11 heteroatoms. The van der Waals surface area contributed by atoms with Crippen molar-refractivity contribution in [1.29, 1.82) is 0 Å². The van der Waals surface area contributed by atoms with Crippen molar-refractivity contribution in [2.75, 3.05) is 40.4 Å². The maximum Gasteiger partial charge on any atom is 0.336 e. The number of piperazine rings is 1. The zero-order valence-corrected chi connectivity index (χ0v) is 28.7. The van der Waals surface area contributed by atoms with Crippen molar-refractivity contribution >= 4 is 46.8 Å². The lowest BCUT2D eigenvalue weighted by atomic mass is 9.75. The van der Waals surface area contributed by atoms with E-state index in [-0.39, 0.29) is 33.6 Å². The molecule has 0 aliphatic carbocycles. The van der Waals surface area contributed by atoms with Crippen LogP contribution in [0.25, 0.3) is 0 Å². The van der Waals surface area contributed by atoms with Crippen LogP contribution in [-0.4, -0.2) is 96.8 Å². The molecule has 2 aromatic rings. The van der Waals surface area contributed by atoms with Crippen molar-refractivity contribution in [3.8, 4) is 0 Å². The van der Waals surface area contributed by atoms with E-state index < -0.39 is 23.8 Å². The number of amides is 1. The largest absolute Gasteiger partial charge is 0.468 e. The number of hydrogen-bond donors (Lipinski definition) is 0. The summed E-state index contributed by atoms with van der Waals surface area (Å²) in [5, 5.41) is 0.572. The third kappa shape index (κ3) is 6.86. The molecule has 47 heavy (non-hydrogen) atoms. The van der Waals surface area contributed by atoms with Gasteiger partial charge in [-0.15, -0.1) is 0 Å². The number of carbonyl (C=O) groups excluding carboxylic acids is 3. The second kappa shape index (κ2) is 14.5. The highest BCUT2D eigenvalue weighted by Gasteiger charge is 2.46. The maximum absolute atomic E-state index is 13.8. The van der Waals surface area contributed by atoms with Crippen LogP contribution in [0.1, 0.15) is 56.1 Å². The predicted molar refractivity (Wildman–Crippen MR) is 181 cm³/mol. The highest BCUT2D eigenvalue weighted by molar-refractivity contribution is 6.36. The molecule has 0 aromatic heterocycles. The van der Waals surface area contributed by atoms with Gasteiger partial charge in [-0.1, -0.05) is 59.6 Å². The second-order valence-electron chi connectivity index (χ2n) is 13.0. The summed E-state index contributed by atoms with van der Waals surface area (Å²) in [6.07, 6.45) is 4.71. The van der Waals surface area contributed by atoms with E-state index in [0.717, 1.165) is 32.5 Å². The number of esters is 2. The Bertz CT molecular complexity index is 1540. The molecule has 6 rings (SSSR count). The molecule has 3 fully saturated rings. The molecule has 0 spiro atoms. The van der Waals surface area contributed by atoms with Crippen molar-refractivity contribution in [2.45, 2.75) is 69.6 Å². The van der Waals surface area contributed by atoms with Crippen molar-refractivity contribution in [3.63, 3.8) is 0 Å². The molecule has 0 N–H and O–H groups in total. The average molecular weight is 682 g/mol. The first-order valence-electron chi connectivity index (χ1n) is 16.4. The summed E-state index contributed by atoms with van der Waals surface area (Å²) in [7, 11) is 2.54. The van der Waals surface area contributed by atoms with Gasteiger partial charge in [-0.2, -0.15) is 0 Å². The van der Waals surface area contributed by atoms with Gasteiger partial charge < -0.3 is 14.4 Å². The summed E-state index contributed by atoms with van der Waals surface area (Å²) in [6.45, 7) is 5.53. The molecule has 0 saturated carbocycles. The minimum atomic E-state index is -0.969. The van der Waals surface area contributed by atoms with Crippen LogP contribution in [-0.2, 0) is 30.4 Å². The smallest absolute Gasteiger partial charge is 0.336 e. The van der Waals surface area contributed by atoms with Crippen LogP contribution in [0.4, 0.5) is 0 Å². The third-order valence-electron chi connectivity index (χ3n) is 10.5. The quantitative estimate of drug-likeness (QED) is 0.340. The van der Waals surface area contributed by atoms with Gasteiger partial charge in [0.15, 0.2) is 0 Å². The summed E-state index contributed by atoms with van der Waals surface area (Å²) in [4.78, 5) is 52.0. The van der Waals surface area contributed by atoms with E-state index >= 15 is 0 Å². The molecule has 0 radical (unpaired) electrons. The molecule has 4 heterocycles. The molecule has 4 unspecified atom stereocenters. The van der Waals surface area contributed by atoms with Crippen LogP contribution < -0.4 is 0 Å². The Morgan fingerprint density at radius 3 is 2.09 bits per heavy atom. The monoisotopic (exact) mass is 680 g/mol. The molecular weight excluding hydrogens is 639 g/mol. The number of benzene rings is 2. The van der Waals surface area contributed by atoms with Gasteiger partial charge in [-0.05, 0) is 55.9 Å². The van der Waals surface area contributed by atoms with Gasteiger partial charge in [-0.25, -0.2) is 4.79 Å². The number of ether oxygens (including phenoxy) is 2. The molecule has 4 atom stereocenters. The van der Waals surface area contributed by atoms with E-state index in [9.17, 15) is 14.4 Å². The Morgan fingerprint density at radius 2 is 1.49 bits per heavy atom. The molecule has 2 bridgehead atoms. The molecule has 250 valence electrons. The first-order valence-corrected chi connectivity index (χ1v) is 17.2. The fraction of sp³-hybridized carbons (Fsp3) is 0.500.